The summed E-state index contributed by atoms with van der Waals surface area (Å²) in [4.78, 5) is 12.4. The number of hydrogen-bond acceptors (Lipinski definition) is 3. The molecule has 1 heterocycles. The molecule has 2 aromatic carbocycles. The van der Waals surface area contributed by atoms with Crippen molar-refractivity contribution in [1.29, 1.82) is 0 Å². The molecule has 4 nitrogen and oxygen atoms in total. The van der Waals surface area contributed by atoms with E-state index in [9.17, 15) is 4.79 Å². The molecule has 0 aromatic heterocycles. The van der Waals surface area contributed by atoms with Crippen LogP contribution in [-0.4, -0.2) is 19.1 Å². The second kappa shape index (κ2) is 7.86. The van der Waals surface area contributed by atoms with E-state index in [-0.39, 0.29) is 11.9 Å². The maximum Gasteiger partial charge on any atom is 0.220 e. The van der Waals surface area contributed by atoms with Crippen LogP contribution in [0.4, 0.5) is 0 Å². The molecule has 0 saturated carbocycles. The smallest absolute Gasteiger partial charge is 0.220 e. The van der Waals surface area contributed by atoms with Gasteiger partial charge in [0, 0.05) is 18.4 Å². The number of carbonyl (C=O) groups is 1. The van der Waals surface area contributed by atoms with Crippen LogP contribution >= 0.6 is 0 Å². The van der Waals surface area contributed by atoms with E-state index in [1.165, 1.54) is 0 Å². The summed E-state index contributed by atoms with van der Waals surface area (Å²) < 4.78 is 11.3. The quantitative estimate of drug-likeness (QED) is 0.882. The summed E-state index contributed by atoms with van der Waals surface area (Å²) in [5, 5.41) is 3.14. The molecule has 0 aliphatic carbocycles. The molecule has 1 atom stereocenters. The maximum absolute atomic E-state index is 12.4. The lowest BCUT2D eigenvalue weighted by molar-refractivity contribution is -0.122. The topological polar surface area (TPSA) is 47.6 Å². The lowest BCUT2D eigenvalue weighted by atomic mass is 10.00. The number of fused-ring (bicyclic) bond motifs is 1. The van der Waals surface area contributed by atoms with Gasteiger partial charge in [-0.25, -0.2) is 0 Å². The van der Waals surface area contributed by atoms with E-state index < -0.39 is 0 Å². The molecule has 0 saturated heterocycles. The molecular formula is C20H23NO3. The molecular weight excluding hydrogens is 302 g/mol. The van der Waals surface area contributed by atoms with E-state index in [1.807, 2.05) is 55.5 Å². The molecule has 126 valence electrons. The van der Waals surface area contributed by atoms with Gasteiger partial charge in [-0.05, 0) is 31.0 Å². The highest BCUT2D eigenvalue weighted by atomic mass is 16.5. The molecule has 1 N–H and O–H groups in total. The maximum atomic E-state index is 12.4. The molecule has 4 heteroatoms. The summed E-state index contributed by atoms with van der Waals surface area (Å²) in [6.07, 6.45) is 1.93. The summed E-state index contributed by atoms with van der Waals surface area (Å²) >= 11 is 0. The Hall–Kier alpha value is -2.49. The minimum Gasteiger partial charge on any atom is -0.494 e. The van der Waals surface area contributed by atoms with Crippen LogP contribution in [0.3, 0.4) is 0 Å². The minimum absolute atomic E-state index is 0.0320. The Balaban J connectivity index is 1.59. The number of aryl methyl sites for hydroxylation is 1. The third kappa shape index (κ3) is 3.88. The molecule has 0 radical (unpaired) electrons. The average molecular weight is 325 g/mol. The fourth-order valence-electron chi connectivity index (χ4n) is 3.01. The second-order valence-electron chi connectivity index (χ2n) is 5.84. The first-order valence-electron chi connectivity index (χ1n) is 8.49. The average Bonchev–Trinajstić information content (AvgIpc) is 2.62. The number of amides is 1. The Bertz CT molecular complexity index is 699. The van der Waals surface area contributed by atoms with Crippen molar-refractivity contribution in [2.45, 2.75) is 32.2 Å². The first kappa shape index (κ1) is 16.4. The van der Waals surface area contributed by atoms with Gasteiger partial charge in [-0.15, -0.1) is 0 Å². The molecule has 24 heavy (non-hydrogen) atoms. The van der Waals surface area contributed by atoms with E-state index in [0.29, 0.717) is 26.1 Å². The van der Waals surface area contributed by atoms with Gasteiger partial charge in [0.05, 0.1) is 19.3 Å². The third-order valence-corrected chi connectivity index (χ3v) is 4.19. The van der Waals surface area contributed by atoms with Gasteiger partial charge in [0.1, 0.15) is 11.5 Å². The van der Waals surface area contributed by atoms with Crippen molar-refractivity contribution in [3.8, 4) is 11.5 Å². The van der Waals surface area contributed by atoms with Crippen LogP contribution < -0.4 is 14.8 Å². The Labute approximate surface area is 142 Å². The van der Waals surface area contributed by atoms with Crippen LogP contribution in [0.1, 0.15) is 36.9 Å². The van der Waals surface area contributed by atoms with Crippen LogP contribution in [0.5, 0.6) is 11.5 Å². The summed E-state index contributed by atoms with van der Waals surface area (Å²) in [5.41, 5.74) is 2.13. The Morgan fingerprint density at radius 1 is 1.21 bits per heavy atom. The minimum atomic E-state index is 0.0320. The van der Waals surface area contributed by atoms with E-state index in [0.717, 1.165) is 29.0 Å². The van der Waals surface area contributed by atoms with E-state index in [1.54, 1.807) is 0 Å². The van der Waals surface area contributed by atoms with Gasteiger partial charge in [0.15, 0.2) is 0 Å². The Morgan fingerprint density at radius 2 is 2.00 bits per heavy atom. The summed E-state index contributed by atoms with van der Waals surface area (Å²) in [6.45, 7) is 3.23. The van der Waals surface area contributed by atoms with Crippen molar-refractivity contribution in [2.24, 2.45) is 0 Å². The standard InChI is InChI=1S/C20H23NO3/c1-2-23-18-9-5-3-7-15(18)11-12-20(22)21-17-13-14-24-19-10-6-4-8-16(17)19/h3-10,17H,2,11-14H2,1H3,(H,21,22)/t17-/m0/s1. The molecule has 1 amide bonds. The van der Waals surface area contributed by atoms with Crippen molar-refractivity contribution in [2.75, 3.05) is 13.2 Å². The highest BCUT2D eigenvalue weighted by Crippen LogP contribution is 2.31. The lowest BCUT2D eigenvalue weighted by Crippen LogP contribution is -2.32. The molecule has 0 fully saturated rings. The van der Waals surface area contributed by atoms with Crippen molar-refractivity contribution in [3.05, 3.63) is 59.7 Å². The van der Waals surface area contributed by atoms with E-state index >= 15 is 0 Å². The summed E-state index contributed by atoms with van der Waals surface area (Å²) in [7, 11) is 0. The number of ether oxygens (including phenoxy) is 2. The fourth-order valence-corrected chi connectivity index (χ4v) is 3.01. The predicted molar refractivity (Wildman–Crippen MR) is 93.4 cm³/mol. The van der Waals surface area contributed by atoms with Crippen LogP contribution in [0.15, 0.2) is 48.5 Å². The summed E-state index contributed by atoms with van der Waals surface area (Å²) in [5.74, 6) is 1.79. The van der Waals surface area contributed by atoms with E-state index in [2.05, 4.69) is 5.32 Å². The predicted octanol–water partition coefficient (Wildman–Crippen LogP) is 3.66. The zero-order valence-corrected chi connectivity index (χ0v) is 14.0. The van der Waals surface area contributed by atoms with Crippen molar-refractivity contribution >= 4 is 5.91 Å². The first-order chi connectivity index (χ1) is 11.8. The first-order valence-corrected chi connectivity index (χ1v) is 8.49. The monoisotopic (exact) mass is 325 g/mol. The highest BCUT2D eigenvalue weighted by molar-refractivity contribution is 5.77. The van der Waals surface area contributed by atoms with Crippen LogP contribution in [0.25, 0.3) is 0 Å². The highest BCUT2D eigenvalue weighted by Gasteiger charge is 2.22. The van der Waals surface area contributed by atoms with Crippen LogP contribution in [0.2, 0.25) is 0 Å². The number of benzene rings is 2. The largest absolute Gasteiger partial charge is 0.494 e. The number of rotatable bonds is 6. The van der Waals surface area contributed by atoms with Crippen molar-refractivity contribution < 1.29 is 14.3 Å². The van der Waals surface area contributed by atoms with E-state index in [4.69, 9.17) is 9.47 Å². The lowest BCUT2D eigenvalue weighted by Gasteiger charge is -2.26. The zero-order chi connectivity index (χ0) is 16.8. The Kier molecular flexibility index (Phi) is 5.36. The van der Waals surface area contributed by atoms with Gasteiger partial charge in [0.25, 0.3) is 0 Å². The van der Waals surface area contributed by atoms with Gasteiger partial charge in [0.2, 0.25) is 5.91 Å². The second-order valence-corrected chi connectivity index (χ2v) is 5.84. The molecule has 2 aromatic rings. The van der Waals surface area contributed by atoms with Crippen LogP contribution in [-0.2, 0) is 11.2 Å². The summed E-state index contributed by atoms with van der Waals surface area (Å²) in [6, 6.07) is 15.8. The van der Waals surface area contributed by atoms with Crippen LogP contribution in [0, 0.1) is 0 Å². The zero-order valence-electron chi connectivity index (χ0n) is 14.0. The fraction of sp³-hybridized carbons (Fsp3) is 0.350. The van der Waals surface area contributed by atoms with Gasteiger partial charge < -0.3 is 14.8 Å². The molecule has 3 rings (SSSR count). The molecule has 1 aliphatic heterocycles. The van der Waals surface area contributed by atoms with Gasteiger partial charge in [-0.3, -0.25) is 4.79 Å². The number of hydrogen-bond donors (Lipinski definition) is 1. The van der Waals surface area contributed by atoms with Gasteiger partial charge >= 0.3 is 0 Å². The molecule has 0 unspecified atom stereocenters. The van der Waals surface area contributed by atoms with Gasteiger partial charge in [-0.2, -0.15) is 0 Å². The SMILES string of the molecule is CCOc1ccccc1CCC(=O)N[C@H]1CCOc2ccccc21. The normalized spacial score (nSPS) is 16.0. The number of para-hydroxylation sites is 2. The molecule has 0 spiro atoms. The molecule has 1 aliphatic rings. The third-order valence-electron chi connectivity index (χ3n) is 4.19. The number of nitrogens with one attached hydrogen (secondary N) is 1. The molecule has 0 bridgehead atoms. The van der Waals surface area contributed by atoms with Crippen molar-refractivity contribution in [1.82, 2.24) is 5.32 Å². The Morgan fingerprint density at radius 3 is 2.88 bits per heavy atom. The number of carbonyl (C=O) groups excluding carboxylic acids is 1. The van der Waals surface area contributed by atoms with Crippen molar-refractivity contribution in [3.63, 3.8) is 0 Å². The van der Waals surface area contributed by atoms with Gasteiger partial charge in [-0.1, -0.05) is 36.4 Å².